The average Bonchev–Trinajstić information content (AvgIpc) is 3.17. The lowest BCUT2D eigenvalue weighted by atomic mass is 9.89. The fourth-order valence-corrected chi connectivity index (χ4v) is 3.56. The van der Waals surface area contributed by atoms with Gasteiger partial charge in [-0.3, -0.25) is 4.79 Å². The zero-order valence-electron chi connectivity index (χ0n) is 14.2. The highest BCUT2D eigenvalue weighted by Crippen LogP contribution is 2.22. The Morgan fingerprint density at radius 3 is 2.50 bits per heavy atom. The normalized spacial score (nSPS) is 23.0. The van der Waals surface area contributed by atoms with Gasteiger partial charge >= 0.3 is 6.03 Å². The predicted molar refractivity (Wildman–Crippen MR) is 92.0 cm³/mol. The summed E-state index contributed by atoms with van der Waals surface area (Å²) in [6.07, 6.45) is 3.67. The summed E-state index contributed by atoms with van der Waals surface area (Å²) in [5, 5.41) is 3.04. The number of urea groups is 1. The number of ketones is 1. The van der Waals surface area contributed by atoms with E-state index < -0.39 is 0 Å². The molecule has 1 N–H and O–H groups in total. The van der Waals surface area contributed by atoms with E-state index in [4.69, 9.17) is 4.74 Å². The molecule has 5 nitrogen and oxygen atoms in total. The molecule has 2 aliphatic heterocycles. The quantitative estimate of drug-likeness (QED) is 0.864. The number of benzene rings is 1. The van der Waals surface area contributed by atoms with Crippen molar-refractivity contribution in [2.75, 3.05) is 19.7 Å². The molecule has 0 unspecified atom stereocenters. The summed E-state index contributed by atoms with van der Waals surface area (Å²) in [6.45, 7) is 4.05. The first-order valence-corrected chi connectivity index (χ1v) is 8.91. The van der Waals surface area contributed by atoms with E-state index in [1.54, 1.807) is 0 Å². The van der Waals surface area contributed by atoms with Crippen molar-refractivity contribution in [3.05, 3.63) is 35.9 Å². The van der Waals surface area contributed by atoms with Gasteiger partial charge in [-0.25, -0.2) is 4.79 Å². The summed E-state index contributed by atoms with van der Waals surface area (Å²) < 4.78 is 5.62. The van der Waals surface area contributed by atoms with Crippen molar-refractivity contribution >= 4 is 11.8 Å². The van der Waals surface area contributed by atoms with Crippen molar-refractivity contribution in [2.45, 2.75) is 44.8 Å². The molecule has 2 fully saturated rings. The van der Waals surface area contributed by atoms with Crippen LogP contribution in [-0.2, 0) is 4.74 Å². The van der Waals surface area contributed by atoms with Crippen molar-refractivity contribution in [2.24, 2.45) is 5.92 Å². The van der Waals surface area contributed by atoms with Crippen LogP contribution in [0.15, 0.2) is 30.3 Å². The van der Waals surface area contributed by atoms with Crippen LogP contribution >= 0.6 is 0 Å². The van der Waals surface area contributed by atoms with Gasteiger partial charge in [-0.05, 0) is 32.6 Å². The fraction of sp³-hybridized carbons (Fsp3) is 0.579. The van der Waals surface area contributed by atoms with Crippen molar-refractivity contribution in [1.29, 1.82) is 0 Å². The molecule has 2 heterocycles. The van der Waals surface area contributed by atoms with E-state index in [1.165, 1.54) is 0 Å². The van der Waals surface area contributed by atoms with Gasteiger partial charge in [0.15, 0.2) is 5.78 Å². The van der Waals surface area contributed by atoms with E-state index in [9.17, 15) is 9.59 Å². The molecule has 2 aliphatic rings. The SMILES string of the molecule is C[C@@H](NC(=O)N1CCC(C(=O)c2ccccc2)CC1)[C@@H]1CCCO1. The van der Waals surface area contributed by atoms with Crippen LogP contribution in [0.4, 0.5) is 4.79 Å². The minimum absolute atomic E-state index is 0.0204. The van der Waals surface area contributed by atoms with Crippen LogP contribution in [-0.4, -0.2) is 48.6 Å². The number of likely N-dealkylation sites (tertiary alicyclic amines) is 1. The topological polar surface area (TPSA) is 58.6 Å². The Labute approximate surface area is 143 Å². The Balaban J connectivity index is 1.47. The van der Waals surface area contributed by atoms with Crippen LogP contribution in [0, 0.1) is 5.92 Å². The highest BCUT2D eigenvalue weighted by Gasteiger charge is 2.30. The zero-order valence-corrected chi connectivity index (χ0v) is 14.2. The number of Topliss-reactive ketones (excluding diaryl/α,β-unsaturated/α-hetero) is 1. The highest BCUT2D eigenvalue weighted by atomic mass is 16.5. The summed E-state index contributed by atoms with van der Waals surface area (Å²) in [4.78, 5) is 26.7. The Morgan fingerprint density at radius 2 is 1.88 bits per heavy atom. The third kappa shape index (κ3) is 3.96. The van der Waals surface area contributed by atoms with Gasteiger partial charge in [-0.1, -0.05) is 30.3 Å². The molecule has 0 aromatic heterocycles. The second-order valence-corrected chi connectivity index (χ2v) is 6.78. The monoisotopic (exact) mass is 330 g/mol. The lowest BCUT2D eigenvalue weighted by molar-refractivity contribution is 0.0788. The van der Waals surface area contributed by atoms with Gasteiger partial charge < -0.3 is 15.0 Å². The van der Waals surface area contributed by atoms with Gasteiger partial charge in [0.25, 0.3) is 0 Å². The number of nitrogens with one attached hydrogen (secondary N) is 1. The maximum Gasteiger partial charge on any atom is 0.317 e. The molecule has 0 radical (unpaired) electrons. The molecule has 1 aromatic rings. The predicted octanol–water partition coefficient (Wildman–Crippen LogP) is 2.86. The highest BCUT2D eigenvalue weighted by molar-refractivity contribution is 5.97. The van der Waals surface area contributed by atoms with Gasteiger partial charge in [0, 0.05) is 31.2 Å². The smallest absolute Gasteiger partial charge is 0.317 e. The standard InChI is InChI=1S/C19H26N2O3/c1-14(17-8-5-13-24-17)20-19(23)21-11-9-16(10-12-21)18(22)15-6-3-2-4-7-15/h2-4,6-7,14,16-17H,5,8-13H2,1H3,(H,20,23)/t14-,17+/m1/s1. The maximum atomic E-state index is 12.5. The number of amides is 2. The lowest BCUT2D eigenvalue weighted by Gasteiger charge is -2.33. The first-order chi connectivity index (χ1) is 11.6. The number of piperidine rings is 1. The molecule has 0 spiro atoms. The lowest BCUT2D eigenvalue weighted by Crippen LogP contribution is -2.50. The molecule has 1 aromatic carbocycles. The second kappa shape index (κ2) is 7.79. The van der Waals surface area contributed by atoms with Crippen molar-refractivity contribution < 1.29 is 14.3 Å². The summed E-state index contributed by atoms with van der Waals surface area (Å²) in [7, 11) is 0. The van der Waals surface area contributed by atoms with E-state index in [-0.39, 0.29) is 29.9 Å². The molecule has 0 aliphatic carbocycles. The molecule has 2 saturated heterocycles. The molecular formula is C19H26N2O3. The minimum atomic E-state index is -0.0383. The zero-order chi connectivity index (χ0) is 16.9. The van der Waals surface area contributed by atoms with Gasteiger partial charge in [-0.15, -0.1) is 0 Å². The molecule has 2 amide bonds. The number of hydrogen-bond donors (Lipinski definition) is 1. The summed E-state index contributed by atoms with van der Waals surface area (Å²) in [5.74, 6) is 0.218. The largest absolute Gasteiger partial charge is 0.376 e. The average molecular weight is 330 g/mol. The first kappa shape index (κ1) is 17.0. The molecular weight excluding hydrogens is 304 g/mol. The van der Waals surface area contributed by atoms with Gasteiger partial charge in [0.2, 0.25) is 0 Å². The van der Waals surface area contributed by atoms with E-state index in [0.717, 1.165) is 37.9 Å². The number of nitrogens with zero attached hydrogens (tertiary/aromatic N) is 1. The van der Waals surface area contributed by atoms with Gasteiger partial charge in [0.1, 0.15) is 0 Å². The van der Waals surface area contributed by atoms with Crippen LogP contribution < -0.4 is 5.32 Å². The number of carbonyl (C=O) groups excluding carboxylic acids is 2. The first-order valence-electron chi connectivity index (χ1n) is 8.91. The van der Waals surface area contributed by atoms with Crippen molar-refractivity contribution in [3.63, 3.8) is 0 Å². The fourth-order valence-electron chi connectivity index (χ4n) is 3.56. The maximum absolute atomic E-state index is 12.5. The van der Waals surface area contributed by atoms with E-state index in [2.05, 4.69) is 5.32 Å². The van der Waals surface area contributed by atoms with Crippen LogP contribution in [0.3, 0.4) is 0 Å². The Bertz CT molecular complexity index is 561. The second-order valence-electron chi connectivity index (χ2n) is 6.78. The number of ether oxygens (including phenoxy) is 1. The summed E-state index contributed by atoms with van der Waals surface area (Å²) >= 11 is 0. The van der Waals surface area contributed by atoms with Crippen LogP contribution in [0.25, 0.3) is 0 Å². The van der Waals surface area contributed by atoms with E-state index in [1.807, 2.05) is 42.2 Å². The number of rotatable bonds is 4. The summed E-state index contributed by atoms with van der Waals surface area (Å²) in [5.41, 5.74) is 0.771. The van der Waals surface area contributed by atoms with Crippen molar-refractivity contribution in [1.82, 2.24) is 10.2 Å². The third-order valence-corrected chi connectivity index (χ3v) is 5.08. The molecule has 130 valence electrons. The Hall–Kier alpha value is -1.88. The van der Waals surface area contributed by atoms with Crippen LogP contribution in [0.5, 0.6) is 0 Å². The van der Waals surface area contributed by atoms with Crippen molar-refractivity contribution in [3.8, 4) is 0 Å². The van der Waals surface area contributed by atoms with Gasteiger partial charge in [0.05, 0.1) is 12.1 Å². The molecule has 0 bridgehead atoms. The van der Waals surface area contributed by atoms with E-state index >= 15 is 0 Å². The Kier molecular flexibility index (Phi) is 5.51. The Morgan fingerprint density at radius 1 is 1.17 bits per heavy atom. The number of hydrogen-bond acceptors (Lipinski definition) is 3. The van der Waals surface area contributed by atoms with E-state index in [0.29, 0.717) is 13.1 Å². The summed E-state index contributed by atoms with van der Waals surface area (Å²) in [6, 6.07) is 9.42. The van der Waals surface area contributed by atoms with Crippen LogP contribution in [0.2, 0.25) is 0 Å². The molecule has 0 saturated carbocycles. The molecule has 5 heteroatoms. The minimum Gasteiger partial charge on any atom is -0.376 e. The molecule has 2 atom stereocenters. The van der Waals surface area contributed by atoms with Gasteiger partial charge in [-0.2, -0.15) is 0 Å². The van der Waals surface area contributed by atoms with Crippen LogP contribution in [0.1, 0.15) is 43.0 Å². The third-order valence-electron chi connectivity index (χ3n) is 5.08. The molecule has 3 rings (SSSR count). The molecule has 24 heavy (non-hydrogen) atoms. The number of carbonyl (C=O) groups is 2.